The molecular formula is C56H35NOS. The van der Waals surface area contributed by atoms with Gasteiger partial charge in [0.05, 0.1) is 0 Å². The molecule has 3 heteroatoms. The fourth-order valence-corrected chi connectivity index (χ4v) is 10.2. The predicted molar refractivity (Wildman–Crippen MR) is 253 cm³/mol. The first kappa shape index (κ1) is 33.7. The number of thiophene rings is 1. The first-order chi connectivity index (χ1) is 29.2. The Kier molecular flexibility index (Phi) is 7.75. The van der Waals surface area contributed by atoms with Crippen LogP contribution in [0.15, 0.2) is 217 Å². The topological polar surface area (TPSA) is 16.4 Å². The van der Waals surface area contributed by atoms with Crippen molar-refractivity contribution in [2.75, 3.05) is 4.90 Å². The molecule has 2 heterocycles. The maximum Gasteiger partial charge on any atom is 0.136 e. The number of furan rings is 1. The molecule has 0 radical (unpaired) electrons. The van der Waals surface area contributed by atoms with E-state index >= 15 is 0 Å². The standard InChI is InChI=1S/C56H35NOS/c1-2-9-36(10-3-1)37-21-27-43(28-22-37)57(44-29-23-38(24-30-44)42-20-19-41-18-17-39-11-4-5-12-46(39)50(41)35-42)45-31-25-40(26-32-45)47-14-8-15-51-54(47)55-52(58-51)34-33-49-48-13-6-7-16-53(48)59-56(49)55/h1-35H. The molecule has 0 spiro atoms. The van der Waals surface area contributed by atoms with Crippen LogP contribution < -0.4 is 4.90 Å². The molecule has 12 aromatic rings. The van der Waals surface area contributed by atoms with Gasteiger partial charge in [-0.25, -0.2) is 0 Å². The first-order valence-electron chi connectivity index (χ1n) is 20.1. The zero-order valence-corrected chi connectivity index (χ0v) is 32.8. The molecule has 0 atom stereocenters. The van der Waals surface area contributed by atoms with Crippen LogP contribution in [-0.2, 0) is 0 Å². The lowest BCUT2D eigenvalue weighted by molar-refractivity contribution is 0.669. The Morgan fingerprint density at radius 1 is 0.339 bits per heavy atom. The highest BCUT2D eigenvalue weighted by atomic mass is 32.1. The van der Waals surface area contributed by atoms with E-state index in [2.05, 4.69) is 217 Å². The van der Waals surface area contributed by atoms with Crippen LogP contribution in [0.5, 0.6) is 0 Å². The second-order valence-corrected chi connectivity index (χ2v) is 16.3. The average molecular weight is 770 g/mol. The predicted octanol–water partition coefficient (Wildman–Crippen LogP) is 16.7. The van der Waals surface area contributed by atoms with Crippen LogP contribution in [0.2, 0.25) is 0 Å². The van der Waals surface area contributed by atoms with Crippen molar-refractivity contribution in [3.63, 3.8) is 0 Å². The highest BCUT2D eigenvalue weighted by Crippen LogP contribution is 2.46. The van der Waals surface area contributed by atoms with Crippen LogP contribution in [0.1, 0.15) is 0 Å². The highest BCUT2D eigenvalue weighted by Gasteiger charge is 2.19. The molecule has 0 unspecified atom stereocenters. The number of hydrogen-bond donors (Lipinski definition) is 0. The van der Waals surface area contributed by atoms with Gasteiger partial charge in [0.15, 0.2) is 0 Å². The van der Waals surface area contributed by atoms with E-state index in [1.165, 1.54) is 74.9 Å². The van der Waals surface area contributed by atoms with E-state index < -0.39 is 0 Å². The molecule has 10 aromatic carbocycles. The number of hydrogen-bond acceptors (Lipinski definition) is 3. The summed E-state index contributed by atoms with van der Waals surface area (Å²) in [6.45, 7) is 0. The molecule has 59 heavy (non-hydrogen) atoms. The van der Waals surface area contributed by atoms with Crippen LogP contribution in [0.3, 0.4) is 0 Å². The molecule has 2 nitrogen and oxygen atoms in total. The van der Waals surface area contributed by atoms with Gasteiger partial charge in [-0.3, -0.25) is 0 Å². The van der Waals surface area contributed by atoms with Gasteiger partial charge in [0.2, 0.25) is 0 Å². The molecule has 0 aliphatic carbocycles. The van der Waals surface area contributed by atoms with Crippen LogP contribution in [0.25, 0.3) is 97.0 Å². The third-order valence-electron chi connectivity index (χ3n) is 11.9. The molecular weight excluding hydrogens is 735 g/mol. The summed E-state index contributed by atoms with van der Waals surface area (Å²) in [5.41, 5.74) is 12.2. The summed E-state index contributed by atoms with van der Waals surface area (Å²) in [6, 6.07) is 76.8. The number of nitrogens with zero attached hydrogens (tertiary/aromatic N) is 1. The molecule has 2 aromatic heterocycles. The van der Waals surface area contributed by atoms with Crippen molar-refractivity contribution in [3.05, 3.63) is 212 Å². The van der Waals surface area contributed by atoms with Gasteiger partial charge >= 0.3 is 0 Å². The molecule has 276 valence electrons. The largest absolute Gasteiger partial charge is 0.456 e. The summed E-state index contributed by atoms with van der Waals surface area (Å²) in [5.74, 6) is 0. The van der Waals surface area contributed by atoms with Crippen molar-refractivity contribution in [1.82, 2.24) is 0 Å². The molecule has 0 saturated heterocycles. The summed E-state index contributed by atoms with van der Waals surface area (Å²) in [7, 11) is 0. The van der Waals surface area contributed by atoms with E-state index in [0.29, 0.717) is 0 Å². The molecule has 0 fully saturated rings. The summed E-state index contributed by atoms with van der Waals surface area (Å²) in [6.07, 6.45) is 0. The second kappa shape index (κ2) is 13.6. The van der Waals surface area contributed by atoms with Crippen LogP contribution in [0, 0.1) is 0 Å². The van der Waals surface area contributed by atoms with Crippen LogP contribution in [0.4, 0.5) is 17.1 Å². The van der Waals surface area contributed by atoms with Gasteiger partial charge in [-0.15, -0.1) is 11.3 Å². The molecule has 0 saturated carbocycles. The summed E-state index contributed by atoms with van der Waals surface area (Å²) >= 11 is 1.85. The van der Waals surface area contributed by atoms with Gasteiger partial charge in [0.1, 0.15) is 11.2 Å². The van der Waals surface area contributed by atoms with E-state index in [4.69, 9.17) is 4.42 Å². The molecule has 12 rings (SSSR count). The monoisotopic (exact) mass is 769 g/mol. The maximum atomic E-state index is 6.52. The van der Waals surface area contributed by atoms with Crippen molar-refractivity contribution < 1.29 is 4.42 Å². The minimum Gasteiger partial charge on any atom is -0.456 e. The summed E-state index contributed by atoms with van der Waals surface area (Å²) in [5, 5.41) is 10.00. The Bertz CT molecular complexity index is 3530. The zero-order chi connectivity index (χ0) is 38.9. The second-order valence-electron chi connectivity index (χ2n) is 15.3. The van der Waals surface area contributed by atoms with Gasteiger partial charge in [0.25, 0.3) is 0 Å². The van der Waals surface area contributed by atoms with E-state index in [1.54, 1.807) is 0 Å². The van der Waals surface area contributed by atoms with Gasteiger partial charge < -0.3 is 9.32 Å². The fraction of sp³-hybridized carbons (Fsp3) is 0. The van der Waals surface area contributed by atoms with Crippen LogP contribution >= 0.6 is 11.3 Å². The van der Waals surface area contributed by atoms with Gasteiger partial charge in [0, 0.05) is 48.0 Å². The number of benzene rings is 10. The normalized spacial score (nSPS) is 11.7. The van der Waals surface area contributed by atoms with Gasteiger partial charge in [-0.05, 0) is 122 Å². The molecule has 0 N–H and O–H groups in total. The number of rotatable bonds is 6. The van der Waals surface area contributed by atoms with Gasteiger partial charge in [-0.1, -0.05) is 146 Å². The van der Waals surface area contributed by atoms with Crippen LogP contribution in [-0.4, -0.2) is 0 Å². The Balaban J connectivity index is 0.958. The van der Waals surface area contributed by atoms with E-state index in [1.807, 2.05) is 11.3 Å². The lowest BCUT2D eigenvalue weighted by atomic mass is 9.97. The van der Waals surface area contributed by atoms with E-state index in [0.717, 1.165) is 39.2 Å². The Morgan fingerprint density at radius 3 is 1.64 bits per heavy atom. The Morgan fingerprint density at radius 2 is 0.898 bits per heavy atom. The smallest absolute Gasteiger partial charge is 0.136 e. The lowest BCUT2D eigenvalue weighted by Crippen LogP contribution is -2.09. The SMILES string of the molecule is c1ccc(-c2ccc(N(c3ccc(-c4ccc5ccc6ccccc6c5c4)cc3)c3ccc(-c4cccc5oc6ccc7c8ccccc8sc7c6c45)cc3)cc2)cc1. The molecule has 0 amide bonds. The highest BCUT2D eigenvalue weighted by molar-refractivity contribution is 7.26. The third kappa shape index (κ3) is 5.62. The van der Waals surface area contributed by atoms with Gasteiger partial charge in [-0.2, -0.15) is 0 Å². The molecule has 0 aliphatic heterocycles. The van der Waals surface area contributed by atoms with Crippen molar-refractivity contribution >= 4 is 92.1 Å². The van der Waals surface area contributed by atoms with E-state index in [9.17, 15) is 0 Å². The minimum absolute atomic E-state index is 0.909. The number of anilines is 3. The van der Waals surface area contributed by atoms with Crippen molar-refractivity contribution in [2.24, 2.45) is 0 Å². The van der Waals surface area contributed by atoms with Crippen molar-refractivity contribution in [2.45, 2.75) is 0 Å². The van der Waals surface area contributed by atoms with E-state index in [-0.39, 0.29) is 0 Å². The zero-order valence-electron chi connectivity index (χ0n) is 32.0. The minimum atomic E-state index is 0.909. The van der Waals surface area contributed by atoms with Crippen molar-refractivity contribution in [3.8, 4) is 33.4 Å². The first-order valence-corrected chi connectivity index (χ1v) is 20.9. The number of fused-ring (bicyclic) bond motifs is 10. The van der Waals surface area contributed by atoms with Crippen molar-refractivity contribution in [1.29, 1.82) is 0 Å². The summed E-state index contributed by atoms with van der Waals surface area (Å²) < 4.78 is 9.09. The summed E-state index contributed by atoms with van der Waals surface area (Å²) in [4.78, 5) is 2.35. The third-order valence-corrected chi connectivity index (χ3v) is 13.1. The quantitative estimate of drug-likeness (QED) is 0.157. The Labute approximate surface area is 345 Å². The maximum absolute atomic E-state index is 6.52. The molecule has 0 bridgehead atoms. The lowest BCUT2D eigenvalue weighted by Gasteiger charge is -2.26. The Hall–Kier alpha value is -7.46. The fourth-order valence-electron chi connectivity index (χ4n) is 8.98. The molecule has 0 aliphatic rings. The average Bonchev–Trinajstić information content (AvgIpc) is 3.89.